The molecule has 1 aliphatic rings. The SMILES string of the molecule is c1ccc(-c2cccc(-c3cccc([Si]4(c5ccc6oc7ccc(-n8c9ccccc9c9ccccc98)cc7c6c5)c5ccccc5-c5ccccc54)c3)c2)cc1. The van der Waals surface area contributed by atoms with Crippen LogP contribution in [-0.2, 0) is 0 Å². The van der Waals surface area contributed by atoms with Gasteiger partial charge in [0, 0.05) is 27.2 Å². The van der Waals surface area contributed by atoms with Crippen molar-refractivity contribution in [1.29, 1.82) is 0 Å². The molecular weight excluding hydrogens is 707 g/mol. The molecule has 0 amide bonds. The van der Waals surface area contributed by atoms with Crippen LogP contribution in [-0.4, -0.2) is 12.6 Å². The van der Waals surface area contributed by atoms with Crippen LogP contribution in [0.5, 0.6) is 0 Å². The van der Waals surface area contributed by atoms with Crippen molar-refractivity contribution in [2.75, 3.05) is 0 Å². The van der Waals surface area contributed by atoms with Gasteiger partial charge in [0.05, 0.1) is 11.0 Å². The lowest BCUT2D eigenvalue weighted by molar-refractivity contribution is 0.669. The van der Waals surface area contributed by atoms with Crippen molar-refractivity contribution in [3.8, 4) is 39.1 Å². The fourth-order valence-electron chi connectivity index (χ4n) is 9.80. The zero-order valence-electron chi connectivity index (χ0n) is 31.1. The summed E-state index contributed by atoms with van der Waals surface area (Å²) in [5.74, 6) is 0. The van der Waals surface area contributed by atoms with E-state index in [-0.39, 0.29) is 0 Å². The van der Waals surface area contributed by atoms with Gasteiger partial charge in [0.25, 0.3) is 0 Å². The molecule has 3 heteroatoms. The average Bonchev–Trinajstić information content (AvgIpc) is 3.93. The summed E-state index contributed by atoms with van der Waals surface area (Å²) in [6, 6.07) is 78.4. The number of aromatic nitrogens is 1. The minimum Gasteiger partial charge on any atom is -0.456 e. The van der Waals surface area contributed by atoms with Crippen molar-refractivity contribution in [2.45, 2.75) is 0 Å². The first-order valence-corrected chi connectivity index (χ1v) is 21.7. The van der Waals surface area contributed by atoms with Gasteiger partial charge in [-0.2, -0.15) is 0 Å². The van der Waals surface area contributed by atoms with E-state index in [0.717, 1.165) is 27.6 Å². The van der Waals surface area contributed by atoms with Crippen LogP contribution in [0.4, 0.5) is 0 Å². The van der Waals surface area contributed by atoms with Gasteiger partial charge >= 0.3 is 0 Å². The van der Waals surface area contributed by atoms with Crippen LogP contribution in [0.25, 0.3) is 82.8 Å². The molecule has 0 saturated carbocycles. The molecular formula is C54H35NOSi. The largest absolute Gasteiger partial charge is 0.456 e. The molecule has 1 aliphatic heterocycles. The van der Waals surface area contributed by atoms with E-state index < -0.39 is 8.07 Å². The Morgan fingerprint density at radius 1 is 0.333 bits per heavy atom. The summed E-state index contributed by atoms with van der Waals surface area (Å²) in [6.07, 6.45) is 0. The van der Waals surface area contributed by atoms with E-state index in [9.17, 15) is 0 Å². The zero-order chi connectivity index (χ0) is 37.5. The number of para-hydroxylation sites is 2. The lowest BCUT2D eigenvalue weighted by atomic mass is 9.99. The van der Waals surface area contributed by atoms with Crippen LogP contribution >= 0.6 is 0 Å². The molecule has 2 aromatic heterocycles. The second-order valence-corrected chi connectivity index (χ2v) is 19.0. The number of hydrogen-bond acceptors (Lipinski definition) is 1. The Bertz CT molecular complexity index is 3270. The highest BCUT2D eigenvalue weighted by Crippen LogP contribution is 2.37. The minimum absolute atomic E-state index is 0.898. The quantitative estimate of drug-likeness (QED) is 0.161. The standard InChI is InChI=1S/C54H35NOSi/c1-2-14-36(15-3-1)37-16-12-17-38(32-37)39-18-13-19-41(33-39)57(53-26-10-6-22-45(53)46-23-7-11-27-54(46)57)42-29-31-52-48(35-42)47-34-40(28-30-51(47)56-52)55-49-24-8-4-20-43(49)44-21-5-9-25-50(44)55/h1-35H. The van der Waals surface area contributed by atoms with Crippen LogP contribution in [0.2, 0.25) is 0 Å². The third-order valence-electron chi connectivity index (χ3n) is 12.3. The summed E-state index contributed by atoms with van der Waals surface area (Å²) in [6.45, 7) is 0. The van der Waals surface area contributed by atoms with Crippen molar-refractivity contribution >= 4 is 72.6 Å². The summed E-state index contributed by atoms with van der Waals surface area (Å²) < 4.78 is 9.02. The van der Waals surface area contributed by atoms with Gasteiger partial charge in [-0.3, -0.25) is 0 Å². The first-order chi connectivity index (χ1) is 28.3. The molecule has 9 aromatic carbocycles. The normalized spacial score (nSPS) is 13.1. The molecule has 0 aliphatic carbocycles. The molecule has 2 nitrogen and oxygen atoms in total. The maximum atomic E-state index is 6.63. The lowest BCUT2D eigenvalue weighted by Gasteiger charge is -2.31. The molecule has 3 heterocycles. The minimum atomic E-state index is -2.83. The van der Waals surface area contributed by atoms with Gasteiger partial charge in [-0.05, 0) is 96.6 Å². The highest BCUT2D eigenvalue weighted by molar-refractivity contribution is 7.22. The zero-order valence-corrected chi connectivity index (χ0v) is 32.1. The van der Waals surface area contributed by atoms with Gasteiger partial charge < -0.3 is 8.98 Å². The van der Waals surface area contributed by atoms with E-state index in [1.807, 2.05) is 0 Å². The van der Waals surface area contributed by atoms with Gasteiger partial charge in [-0.25, -0.2) is 0 Å². The molecule has 0 spiro atoms. The van der Waals surface area contributed by atoms with E-state index in [1.165, 1.54) is 75.9 Å². The van der Waals surface area contributed by atoms with E-state index in [2.05, 4.69) is 217 Å². The fraction of sp³-hybridized carbons (Fsp3) is 0. The maximum Gasteiger partial charge on any atom is 0.180 e. The third-order valence-corrected chi connectivity index (χ3v) is 17.1. The molecule has 0 fully saturated rings. The van der Waals surface area contributed by atoms with Gasteiger partial charge in [-0.15, -0.1) is 0 Å². The topological polar surface area (TPSA) is 18.1 Å². The lowest BCUT2D eigenvalue weighted by Crippen LogP contribution is -2.72. The van der Waals surface area contributed by atoms with Crippen LogP contribution in [0.3, 0.4) is 0 Å². The van der Waals surface area contributed by atoms with Crippen molar-refractivity contribution < 1.29 is 4.42 Å². The number of hydrogen-bond donors (Lipinski definition) is 0. The summed E-state index contributed by atoms with van der Waals surface area (Å²) in [7, 11) is -2.83. The summed E-state index contributed by atoms with van der Waals surface area (Å²) in [4.78, 5) is 0. The van der Waals surface area contributed by atoms with E-state index in [1.54, 1.807) is 0 Å². The summed E-state index contributed by atoms with van der Waals surface area (Å²) in [5.41, 5.74) is 12.9. The van der Waals surface area contributed by atoms with Crippen molar-refractivity contribution in [3.63, 3.8) is 0 Å². The molecule has 0 atom stereocenters. The van der Waals surface area contributed by atoms with Crippen molar-refractivity contribution in [1.82, 2.24) is 4.57 Å². The number of rotatable bonds is 5. The van der Waals surface area contributed by atoms with Crippen molar-refractivity contribution in [3.05, 3.63) is 212 Å². The highest BCUT2D eigenvalue weighted by Gasteiger charge is 2.48. The Hall–Kier alpha value is -7.20. The first-order valence-electron chi connectivity index (χ1n) is 19.7. The molecule has 57 heavy (non-hydrogen) atoms. The fourth-order valence-corrected chi connectivity index (χ4v) is 15.0. The molecule has 0 N–H and O–H groups in total. The van der Waals surface area contributed by atoms with Crippen LogP contribution in [0.15, 0.2) is 217 Å². The van der Waals surface area contributed by atoms with Gasteiger partial charge in [0.2, 0.25) is 0 Å². The second kappa shape index (κ2) is 12.4. The molecule has 12 rings (SSSR count). The van der Waals surface area contributed by atoms with Crippen LogP contribution in [0, 0.1) is 0 Å². The van der Waals surface area contributed by atoms with Crippen LogP contribution < -0.4 is 20.7 Å². The van der Waals surface area contributed by atoms with Gasteiger partial charge in [-0.1, -0.05) is 170 Å². The Balaban J connectivity index is 1.10. The maximum absolute atomic E-state index is 6.63. The number of nitrogens with zero attached hydrogens (tertiary/aromatic N) is 1. The summed E-state index contributed by atoms with van der Waals surface area (Å²) >= 11 is 0. The number of fused-ring (bicyclic) bond motifs is 9. The first kappa shape index (κ1) is 32.1. The Kier molecular flexibility index (Phi) is 6.98. The molecule has 0 saturated heterocycles. The molecule has 0 unspecified atom stereocenters. The Labute approximate surface area is 331 Å². The van der Waals surface area contributed by atoms with Crippen LogP contribution in [0.1, 0.15) is 0 Å². The Morgan fingerprint density at radius 2 is 0.842 bits per heavy atom. The van der Waals surface area contributed by atoms with Gasteiger partial charge in [0.15, 0.2) is 8.07 Å². The number of furan rings is 1. The van der Waals surface area contributed by atoms with E-state index >= 15 is 0 Å². The third kappa shape index (κ3) is 4.70. The molecule has 0 radical (unpaired) electrons. The van der Waals surface area contributed by atoms with E-state index in [4.69, 9.17) is 4.42 Å². The predicted molar refractivity (Wildman–Crippen MR) is 242 cm³/mol. The highest BCUT2D eigenvalue weighted by atomic mass is 28.3. The second-order valence-electron chi connectivity index (χ2n) is 15.2. The smallest absolute Gasteiger partial charge is 0.180 e. The average molecular weight is 742 g/mol. The Morgan fingerprint density at radius 3 is 1.54 bits per heavy atom. The molecule has 266 valence electrons. The summed E-state index contributed by atoms with van der Waals surface area (Å²) in [5, 5.41) is 10.4. The molecule has 11 aromatic rings. The molecule has 0 bridgehead atoms. The van der Waals surface area contributed by atoms with Crippen molar-refractivity contribution in [2.24, 2.45) is 0 Å². The number of benzene rings is 9. The predicted octanol–water partition coefficient (Wildman–Crippen LogP) is 11.4. The monoisotopic (exact) mass is 741 g/mol. The van der Waals surface area contributed by atoms with E-state index in [0.29, 0.717) is 0 Å². The van der Waals surface area contributed by atoms with Gasteiger partial charge in [0.1, 0.15) is 11.2 Å².